The molecule has 2 aromatic heterocycles. The largest absolute Gasteiger partial charge is 0.313 e. The van der Waals surface area contributed by atoms with Crippen molar-refractivity contribution in [2.75, 3.05) is 7.05 Å². The Morgan fingerprint density at radius 2 is 2.00 bits per heavy atom. The van der Waals surface area contributed by atoms with Gasteiger partial charge in [0.15, 0.2) is 0 Å². The maximum atomic E-state index is 4.40. The summed E-state index contributed by atoms with van der Waals surface area (Å²) in [6.45, 7) is 4.21. The highest BCUT2D eigenvalue weighted by molar-refractivity contribution is 5.33. The van der Waals surface area contributed by atoms with Gasteiger partial charge in [-0.3, -0.25) is 4.98 Å². The molecule has 16 heavy (non-hydrogen) atoms. The lowest BCUT2D eigenvalue weighted by atomic mass is 10.1. The smallest absolute Gasteiger partial charge is 0.0679 e. The zero-order valence-corrected chi connectivity index (χ0v) is 9.81. The van der Waals surface area contributed by atoms with Crippen LogP contribution in [0.15, 0.2) is 30.7 Å². The van der Waals surface area contributed by atoms with Gasteiger partial charge in [-0.05, 0) is 33.0 Å². The number of nitrogens with zero attached hydrogens (tertiary/aromatic N) is 3. The van der Waals surface area contributed by atoms with E-state index in [4.69, 9.17) is 0 Å². The van der Waals surface area contributed by atoms with Crippen molar-refractivity contribution in [2.24, 2.45) is 0 Å². The SMILES string of the molecule is CNC(C)c1cnn(-c2ccncc2)c1C. The summed E-state index contributed by atoms with van der Waals surface area (Å²) >= 11 is 0. The fourth-order valence-corrected chi connectivity index (χ4v) is 1.75. The van der Waals surface area contributed by atoms with Crippen LogP contribution in [0.2, 0.25) is 0 Å². The molecule has 1 unspecified atom stereocenters. The molecule has 4 nitrogen and oxygen atoms in total. The normalized spacial score (nSPS) is 12.7. The molecular weight excluding hydrogens is 200 g/mol. The first-order valence-electron chi connectivity index (χ1n) is 5.36. The number of rotatable bonds is 3. The third kappa shape index (κ3) is 1.84. The zero-order chi connectivity index (χ0) is 11.5. The Labute approximate surface area is 95.3 Å². The lowest BCUT2D eigenvalue weighted by Gasteiger charge is -2.10. The quantitative estimate of drug-likeness (QED) is 0.851. The van der Waals surface area contributed by atoms with E-state index >= 15 is 0 Å². The molecule has 1 atom stereocenters. The molecule has 0 saturated carbocycles. The van der Waals surface area contributed by atoms with Crippen molar-refractivity contribution in [3.63, 3.8) is 0 Å². The molecule has 0 amide bonds. The first-order valence-corrected chi connectivity index (χ1v) is 5.36. The van der Waals surface area contributed by atoms with Crippen molar-refractivity contribution in [3.8, 4) is 5.69 Å². The minimum atomic E-state index is 0.315. The molecule has 2 rings (SSSR count). The van der Waals surface area contributed by atoms with Gasteiger partial charge in [0.2, 0.25) is 0 Å². The van der Waals surface area contributed by atoms with Gasteiger partial charge in [0.05, 0.1) is 11.9 Å². The average Bonchev–Trinajstić information content (AvgIpc) is 2.71. The van der Waals surface area contributed by atoms with Crippen molar-refractivity contribution < 1.29 is 0 Å². The second-order valence-electron chi connectivity index (χ2n) is 3.81. The van der Waals surface area contributed by atoms with Gasteiger partial charge in [-0.1, -0.05) is 0 Å². The van der Waals surface area contributed by atoms with E-state index in [9.17, 15) is 0 Å². The van der Waals surface area contributed by atoms with Crippen LogP contribution in [0.1, 0.15) is 24.2 Å². The van der Waals surface area contributed by atoms with Crippen molar-refractivity contribution >= 4 is 0 Å². The topological polar surface area (TPSA) is 42.7 Å². The summed E-state index contributed by atoms with van der Waals surface area (Å²) in [5.74, 6) is 0. The van der Waals surface area contributed by atoms with Crippen LogP contribution in [0.3, 0.4) is 0 Å². The Bertz CT molecular complexity index is 461. The molecule has 0 saturated heterocycles. The summed E-state index contributed by atoms with van der Waals surface area (Å²) in [5.41, 5.74) is 3.43. The van der Waals surface area contributed by atoms with Crippen LogP contribution < -0.4 is 5.32 Å². The molecule has 0 spiro atoms. The molecular formula is C12H16N4. The Morgan fingerprint density at radius 1 is 1.31 bits per heavy atom. The molecule has 0 aliphatic heterocycles. The van der Waals surface area contributed by atoms with Crippen LogP contribution in [-0.2, 0) is 0 Å². The van der Waals surface area contributed by atoms with E-state index in [2.05, 4.69) is 29.2 Å². The molecule has 0 radical (unpaired) electrons. The summed E-state index contributed by atoms with van der Waals surface area (Å²) < 4.78 is 1.94. The standard InChI is InChI=1S/C12H16N4/c1-9(13-3)12-8-15-16(10(12)2)11-4-6-14-7-5-11/h4-9,13H,1-3H3. The van der Waals surface area contributed by atoms with Gasteiger partial charge in [-0.25, -0.2) is 4.68 Å². The van der Waals surface area contributed by atoms with Gasteiger partial charge >= 0.3 is 0 Å². The van der Waals surface area contributed by atoms with Crippen molar-refractivity contribution in [2.45, 2.75) is 19.9 Å². The van der Waals surface area contributed by atoms with Crippen molar-refractivity contribution in [1.82, 2.24) is 20.1 Å². The fraction of sp³-hybridized carbons (Fsp3) is 0.333. The third-order valence-electron chi connectivity index (χ3n) is 2.85. The van der Waals surface area contributed by atoms with Gasteiger partial charge < -0.3 is 5.32 Å². The Kier molecular flexibility index (Phi) is 3.01. The monoisotopic (exact) mass is 216 g/mol. The molecule has 0 fully saturated rings. The summed E-state index contributed by atoms with van der Waals surface area (Å²) in [4.78, 5) is 4.01. The number of hydrogen-bond donors (Lipinski definition) is 1. The van der Waals surface area contributed by atoms with E-state index in [1.165, 1.54) is 5.56 Å². The molecule has 1 N–H and O–H groups in total. The molecule has 0 bridgehead atoms. The van der Waals surface area contributed by atoms with Gasteiger partial charge in [0, 0.05) is 29.7 Å². The van der Waals surface area contributed by atoms with Crippen LogP contribution in [0.25, 0.3) is 5.69 Å². The zero-order valence-electron chi connectivity index (χ0n) is 9.81. The third-order valence-corrected chi connectivity index (χ3v) is 2.85. The molecule has 0 aliphatic rings. The predicted molar refractivity (Wildman–Crippen MR) is 63.6 cm³/mol. The van der Waals surface area contributed by atoms with E-state index in [0.29, 0.717) is 6.04 Å². The van der Waals surface area contributed by atoms with E-state index in [-0.39, 0.29) is 0 Å². The van der Waals surface area contributed by atoms with Gasteiger partial charge in [0.1, 0.15) is 0 Å². The number of aromatic nitrogens is 3. The Balaban J connectivity index is 2.41. The minimum absolute atomic E-state index is 0.315. The minimum Gasteiger partial charge on any atom is -0.313 e. The molecule has 0 aromatic carbocycles. The van der Waals surface area contributed by atoms with Gasteiger partial charge in [0.25, 0.3) is 0 Å². The van der Waals surface area contributed by atoms with Crippen LogP contribution >= 0.6 is 0 Å². The summed E-state index contributed by atoms with van der Waals surface area (Å²) in [6.07, 6.45) is 5.46. The number of nitrogens with one attached hydrogen (secondary N) is 1. The highest BCUT2D eigenvalue weighted by Crippen LogP contribution is 2.19. The van der Waals surface area contributed by atoms with E-state index in [1.807, 2.05) is 30.1 Å². The fourth-order valence-electron chi connectivity index (χ4n) is 1.75. The second-order valence-corrected chi connectivity index (χ2v) is 3.81. The average molecular weight is 216 g/mol. The van der Waals surface area contributed by atoms with Crippen LogP contribution in [0, 0.1) is 6.92 Å². The summed E-state index contributed by atoms with van der Waals surface area (Å²) in [5, 5.41) is 7.63. The maximum absolute atomic E-state index is 4.40. The maximum Gasteiger partial charge on any atom is 0.0679 e. The molecule has 2 heterocycles. The van der Waals surface area contributed by atoms with E-state index < -0.39 is 0 Å². The highest BCUT2D eigenvalue weighted by Gasteiger charge is 2.12. The van der Waals surface area contributed by atoms with Gasteiger partial charge in [-0.15, -0.1) is 0 Å². The highest BCUT2D eigenvalue weighted by atomic mass is 15.3. The predicted octanol–water partition coefficient (Wildman–Crippen LogP) is 1.86. The molecule has 0 aliphatic carbocycles. The van der Waals surface area contributed by atoms with Crippen LogP contribution in [0.5, 0.6) is 0 Å². The Hall–Kier alpha value is -1.68. The number of hydrogen-bond acceptors (Lipinski definition) is 3. The van der Waals surface area contributed by atoms with Crippen LogP contribution in [0.4, 0.5) is 0 Å². The van der Waals surface area contributed by atoms with E-state index in [1.54, 1.807) is 12.4 Å². The van der Waals surface area contributed by atoms with Crippen molar-refractivity contribution in [3.05, 3.63) is 42.0 Å². The van der Waals surface area contributed by atoms with E-state index in [0.717, 1.165) is 11.4 Å². The van der Waals surface area contributed by atoms with Crippen LogP contribution in [-0.4, -0.2) is 21.8 Å². The molecule has 2 aromatic rings. The van der Waals surface area contributed by atoms with Gasteiger partial charge in [-0.2, -0.15) is 5.10 Å². The summed E-state index contributed by atoms with van der Waals surface area (Å²) in [7, 11) is 1.95. The second kappa shape index (κ2) is 4.45. The van der Waals surface area contributed by atoms with Crippen molar-refractivity contribution in [1.29, 1.82) is 0 Å². The first kappa shape index (κ1) is 10.8. The number of pyridine rings is 1. The summed E-state index contributed by atoms with van der Waals surface area (Å²) in [6, 6.07) is 4.22. The lowest BCUT2D eigenvalue weighted by Crippen LogP contribution is -2.13. The Morgan fingerprint density at radius 3 is 2.62 bits per heavy atom. The molecule has 84 valence electrons. The molecule has 4 heteroatoms. The lowest BCUT2D eigenvalue weighted by molar-refractivity contribution is 0.647. The first-order chi connectivity index (χ1) is 7.74.